The Labute approximate surface area is 454 Å². The molecule has 0 fully saturated rings. The van der Waals surface area contributed by atoms with Crippen molar-refractivity contribution < 1.29 is 19.4 Å². The van der Waals surface area contributed by atoms with E-state index in [1.54, 1.807) is 11.3 Å². The van der Waals surface area contributed by atoms with Gasteiger partial charge in [-0.3, -0.25) is 4.79 Å². The zero-order chi connectivity index (χ0) is 52.0. The highest BCUT2D eigenvalue weighted by Gasteiger charge is 2.38. The number of anilines is 3. The van der Waals surface area contributed by atoms with Crippen LogP contribution < -0.4 is 14.4 Å². The third kappa shape index (κ3) is 9.23. The van der Waals surface area contributed by atoms with Gasteiger partial charge in [0.15, 0.2) is 11.5 Å². The highest BCUT2D eigenvalue weighted by atomic mass is 32.1. The predicted molar refractivity (Wildman–Crippen MR) is 315 cm³/mol. The number of unbranched alkanes of at least 4 members (excludes halogenated alkanes) is 6. The largest absolute Gasteiger partial charge is 0.486 e. The lowest BCUT2D eigenvalue weighted by atomic mass is 9.82. The van der Waals surface area contributed by atoms with Gasteiger partial charge in [-0.15, -0.1) is 34.0 Å². The first-order valence-electron chi connectivity index (χ1n) is 26.8. The zero-order valence-electron chi connectivity index (χ0n) is 43.9. The first-order valence-corrected chi connectivity index (χ1v) is 29.3. The summed E-state index contributed by atoms with van der Waals surface area (Å²) < 4.78 is 12.4. The van der Waals surface area contributed by atoms with E-state index < -0.39 is 5.97 Å². The monoisotopic (exact) mass is 1040 g/mol. The van der Waals surface area contributed by atoms with Gasteiger partial charge in [0, 0.05) is 47.4 Å². The van der Waals surface area contributed by atoms with E-state index in [0.717, 1.165) is 52.5 Å². The van der Waals surface area contributed by atoms with Crippen LogP contribution in [0.4, 0.5) is 17.1 Å². The molecule has 0 saturated carbocycles. The smallest absolute Gasteiger partial charge is 0.333 e. The number of rotatable bonds is 18. The van der Waals surface area contributed by atoms with E-state index in [0.29, 0.717) is 29.6 Å². The van der Waals surface area contributed by atoms with Crippen LogP contribution in [0.2, 0.25) is 0 Å². The molecule has 9 heteroatoms. The molecule has 0 saturated heterocycles. The summed E-state index contributed by atoms with van der Waals surface area (Å²) in [7, 11) is 0. The quantitative estimate of drug-likeness (QED) is 0.0527. The normalized spacial score (nSPS) is 14.5. The fraction of sp³-hybridized carbons (Fsp3) is 0.303. The summed E-state index contributed by atoms with van der Waals surface area (Å²) in [5, 5.41) is 9.76. The molecule has 11 rings (SSSR count). The lowest BCUT2D eigenvalue weighted by Gasteiger charge is -2.30. The molecule has 1 aliphatic heterocycles. The molecule has 4 heterocycles. The molecule has 2 aliphatic carbocycles. The summed E-state index contributed by atoms with van der Waals surface area (Å²) in [4.78, 5) is 24.2. The van der Waals surface area contributed by atoms with Gasteiger partial charge < -0.3 is 19.5 Å². The van der Waals surface area contributed by atoms with E-state index >= 15 is 0 Å². The van der Waals surface area contributed by atoms with E-state index in [2.05, 4.69) is 173 Å². The summed E-state index contributed by atoms with van der Waals surface area (Å²) >= 11 is 5.13. The van der Waals surface area contributed by atoms with E-state index in [1.807, 2.05) is 11.3 Å². The molecule has 3 aliphatic rings. The van der Waals surface area contributed by atoms with Crippen molar-refractivity contribution in [1.29, 1.82) is 0 Å². The van der Waals surface area contributed by atoms with Gasteiger partial charge >= 0.3 is 5.97 Å². The van der Waals surface area contributed by atoms with Crippen LogP contribution >= 0.6 is 34.0 Å². The second-order valence-corrected chi connectivity index (χ2v) is 24.5. The molecule has 0 atom stereocenters. The number of thiophene rings is 3. The molecule has 380 valence electrons. The number of nitrogens with zero attached hydrogens (tertiary/aromatic N) is 2. The van der Waals surface area contributed by atoms with Crippen molar-refractivity contribution in [1.82, 2.24) is 0 Å². The van der Waals surface area contributed by atoms with Gasteiger partial charge in [-0.1, -0.05) is 153 Å². The topological polar surface area (TPSA) is 63.4 Å². The Hall–Kier alpha value is -6.70. The summed E-state index contributed by atoms with van der Waals surface area (Å²) in [6.45, 7) is 22.3. The Bertz CT molecular complexity index is 3440. The Morgan fingerprint density at radius 1 is 0.587 bits per heavy atom. The van der Waals surface area contributed by atoms with Gasteiger partial charge in [0.2, 0.25) is 0 Å². The van der Waals surface area contributed by atoms with Gasteiger partial charge in [0.1, 0.15) is 13.2 Å². The van der Waals surface area contributed by atoms with Gasteiger partial charge in [-0.25, -0.2) is 4.85 Å². The molecule has 1 N–H and O–H groups in total. The molecule has 6 nitrogen and oxygen atoms in total. The second-order valence-electron chi connectivity index (χ2n) is 21.3. The predicted octanol–water partition coefficient (Wildman–Crippen LogP) is 19.3. The lowest BCUT2D eigenvalue weighted by molar-refractivity contribution is -0.132. The second kappa shape index (κ2) is 20.8. The van der Waals surface area contributed by atoms with Crippen molar-refractivity contribution in [3.8, 4) is 63.7 Å². The molecule has 3 aromatic heterocycles. The summed E-state index contributed by atoms with van der Waals surface area (Å²) in [5.74, 6) is -0.0968. The van der Waals surface area contributed by atoms with Crippen LogP contribution in [-0.4, -0.2) is 24.3 Å². The Balaban J connectivity index is 1.01. The minimum atomic E-state index is -1.26. The van der Waals surface area contributed by atoms with Crippen molar-refractivity contribution in [3.63, 3.8) is 0 Å². The van der Waals surface area contributed by atoms with Gasteiger partial charge in [-0.05, 0) is 141 Å². The molecule has 0 spiro atoms. The summed E-state index contributed by atoms with van der Waals surface area (Å²) in [6.07, 6.45) is 12.8. The zero-order valence-corrected chi connectivity index (χ0v) is 46.4. The lowest BCUT2D eigenvalue weighted by Crippen LogP contribution is -2.18. The number of aryl methyl sites for hydroxylation is 2. The average molecular weight is 1050 g/mol. The highest BCUT2D eigenvalue weighted by molar-refractivity contribution is 7.27. The number of benzene rings is 5. The van der Waals surface area contributed by atoms with E-state index in [4.69, 9.17) is 16.0 Å². The van der Waals surface area contributed by atoms with Crippen molar-refractivity contribution in [2.75, 3.05) is 18.1 Å². The highest BCUT2D eigenvalue weighted by Crippen LogP contribution is 2.56. The standard InChI is InChI=1S/C66H64N2O4S3/c1-8-10-12-14-20-42-36-57(62-43(21-15-13-11-9-2)37-58(75-62)63-60-59(71-34-35-72-60)56(73-63)40-55(67-7)64(69)70)74-61(42)41-26-28-44(29-27-41)68(45-30-32-49-47-22-16-18-24-51(47)65(3,4)53(49)38-45)46-31-33-50-48-23-17-19-25-52(48)66(5,6)54(50)39-46/h16-19,22-33,36-40H,8-15,20-21,34-35H2,1-6H3,(H,69,70). The van der Waals surface area contributed by atoms with E-state index in [1.165, 1.54) is 132 Å². The van der Waals surface area contributed by atoms with Gasteiger partial charge in [0.25, 0.3) is 5.70 Å². The van der Waals surface area contributed by atoms with Crippen molar-refractivity contribution in [2.45, 2.75) is 117 Å². The summed E-state index contributed by atoms with van der Waals surface area (Å²) in [5.41, 5.74) is 17.4. The number of carboxylic acids is 1. The average Bonchev–Trinajstić information content (AvgIpc) is 4.23. The Kier molecular flexibility index (Phi) is 14.0. The maximum atomic E-state index is 11.9. The molecule has 5 aromatic carbocycles. The third-order valence-corrected chi connectivity index (χ3v) is 19.6. The number of aliphatic carboxylic acids is 1. The molecule has 0 bridgehead atoms. The molecule has 8 aromatic rings. The van der Waals surface area contributed by atoms with Crippen LogP contribution in [0.25, 0.3) is 63.1 Å². The molecule has 75 heavy (non-hydrogen) atoms. The minimum Gasteiger partial charge on any atom is -0.486 e. The summed E-state index contributed by atoms with van der Waals surface area (Å²) in [6, 6.07) is 46.1. The van der Waals surface area contributed by atoms with Crippen molar-refractivity contribution >= 4 is 63.1 Å². The van der Waals surface area contributed by atoms with Crippen LogP contribution in [0.5, 0.6) is 11.5 Å². The SMILES string of the molecule is [C-]#[N+]C(=Cc1sc(-c2cc(CCCCCC)c(-c3cc(CCCCCC)c(-c4ccc(N(c5ccc6c(c5)C(C)(C)c5ccccc5-6)c5ccc6c(c5)C(C)(C)c5ccccc5-6)cc4)s3)s2)c2c1OCCO2)C(=O)O. The number of carbonyl (C=O) groups is 1. The first-order chi connectivity index (χ1) is 36.4. The van der Waals surface area contributed by atoms with E-state index in [-0.39, 0.29) is 16.5 Å². The van der Waals surface area contributed by atoms with Crippen LogP contribution in [0.3, 0.4) is 0 Å². The molecular formula is C66H64N2O4S3. The Morgan fingerprint density at radius 3 is 1.63 bits per heavy atom. The maximum absolute atomic E-state index is 11.9. The fourth-order valence-electron chi connectivity index (χ4n) is 11.8. The number of ether oxygens (including phenoxy) is 2. The van der Waals surface area contributed by atoms with Crippen molar-refractivity contribution in [3.05, 3.63) is 177 Å². The van der Waals surface area contributed by atoms with Crippen molar-refractivity contribution in [2.24, 2.45) is 0 Å². The first kappa shape index (κ1) is 50.5. The molecule has 0 unspecified atom stereocenters. The number of carboxylic acid groups (broad SMARTS) is 1. The van der Waals surface area contributed by atoms with Gasteiger partial charge in [-0.2, -0.15) is 0 Å². The minimum absolute atomic E-state index is 0.140. The molecule has 0 radical (unpaired) electrons. The van der Waals surface area contributed by atoms with Crippen LogP contribution in [0.1, 0.15) is 131 Å². The third-order valence-electron chi connectivity index (χ3n) is 15.7. The Morgan fingerprint density at radius 2 is 1.08 bits per heavy atom. The van der Waals surface area contributed by atoms with Gasteiger partial charge in [0.05, 0.1) is 16.3 Å². The fourth-order valence-corrected chi connectivity index (χ4v) is 15.5. The number of hydrogen-bond acceptors (Lipinski definition) is 7. The van der Waals surface area contributed by atoms with Crippen LogP contribution in [0, 0.1) is 6.57 Å². The maximum Gasteiger partial charge on any atom is 0.333 e. The molecular weight excluding hydrogens is 981 g/mol. The van der Waals surface area contributed by atoms with Crippen LogP contribution in [-0.2, 0) is 28.5 Å². The van der Waals surface area contributed by atoms with E-state index in [9.17, 15) is 9.90 Å². The number of fused-ring (bicyclic) bond motifs is 7. The van der Waals surface area contributed by atoms with Crippen LogP contribution in [0.15, 0.2) is 127 Å². The molecule has 0 amide bonds. The number of hydrogen-bond donors (Lipinski definition) is 1.